The number of carbonyl (C=O) groups is 2. The number of amidine groups is 1. The monoisotopic (exact) mass is 450 g/mol. The molecule has 1 heterocycles. The van der Waals surface area contributed by atoms with Crippen molar-refractivity contribution in [2.24, 2.45) is 4.99 Å². The molecule has 8 nitrogen and oxygen atoms in total. The highest BCUT2D eigenvalue weighted by Gasteiger charge is 2.27. The summed E-state index contributed by atoms with van der Waals surface area (Å²) in [6.07, 6.45) is 4.75. The van der Waals surface area contributed by atoms with Crippen LogP contribution in [0.15, 0.2) is 47.5 Å². The normalized spacial score (nSPS) is 17.2. The second-order valence-corrected chi connectivity index (χ2v) is 8.47. The molecule has 1 atom stereocenters. The molecule has 0 saturated heterocycles. The molecule has 1 fully saturated rings. The third-order valence-corrected chi connectivity index (χ3v) is 5.98. The first kappa shape index (κ1) is 22.6. The van der Waals surface area contributed by atoms with E-state index in [1.54, 1.807) is 7.11 Å². The minimum absolute atomic E-state index is 0.0928. The van der Waals surface area contributed by atoms with E-state index in [1.165, 1.54) is 17.9 Å². The van der Waals surface area contributed by atoms with Crippen molar-refractivity contribution < 1.29 is 19.1 Å². The standard InChI is InChI=1S/C25H30N4O4/c1-16-8-11-19(12-9-16)29-23(30)15-26-24(28-29)25(31)27-17(2)18-10-13-21(22(14-18)32-3)33-20-6-4-5-7-20/h8-14,17,20H,4-7,15H2,1-3H3,(H,26,28)(H,27,31). The van der Waals surface area contributed by atoms with Gasteiger partial charge in [-0.15, -0.1) is 0 Å². The third-order valence-electron chi connectivity index (χ3n) is 5.98. The van der Waals surface area contributed by atoms with Gasteiger partial charge in [-0.3, -0.25) is 20.0 Å². The van der Waals surface area contributed by atoms with Crippen LogP contribution < -0.4 is 25.2 Å². The van der Waals surface area contributed by atoms with E-state index >= 15 is 0 Å². The summed E-state index contributed by atoms with van der Waals surface area (Å²) in [7, 11) is 1.61. The molecule has 1 aliphatic carbocycles. The topological polar surface area (TPSA) is 92.3 Å². The molecule has 8 heteroatoms. The molecule has 0 bridgehead atoms. The van der Waals surface area contributed by atoms with E-state index in [0.717, 1.165) is 29.7 Å². The van der Waals surface area contributed by atoms with Crippen molar-refractivity contribution >= 4 is 23.3 Å². The van der Waals surface area contributed by atoms with Crippen LogP contribution >= 0.6 is 0 Å². The average molecular weight is 451 g/mol. The van der Waals surface area contributed by atoms with E-state index < -0.39 is 5.91 Å². The molecule has 1 saturated carbocycles. The van der Waals surface area contributed by atoms with Gasteiger partial charge in [-0.1, -0.05) is 23.8 Å². The molecule has 174 valence electrons. The minimum Gasteiger partial charge on any atom is -0.493 e. The van der Waals surface area contributed by atoms with E-state index in [0.29, 0.717) is 11.4 Å². The zero-order chi connectivity index (χ0) is 23.4. The Kier molecular flexibility index (Phi) is 6.82. The molecule has 4 rings (SSSR count). The van der Waals surface area contributed by atoms with Gasteiger partial charge in [0.05, 0.1) is 24.9 Å². The predicted octanol–water partition coefficient (Wildman–Crippen LogP) is 3.45. The van der Waals surface area contributed by atoms with E-state index in [2.05, 4.69) is 15.7 Å². The maximum Gasteiger partial charge on any atom is 0.288 e. The number of benzene rings is 2. The molecule has 2 aliphatic rings. The Labute approximate surface area is 193 Å². The number of carbonyl (C=O) groups excluding carboxylic acids is 2. The maximum absolute atomic E-state index is 12.9. The lowest BCUT2D eigenvalue weighted by atomic mass is 10.1. The molecule has 2 aromatic carbocycles. The number of aryl methyl sites for hydroxylation is 1. The Morgan fingerprint density at radius 3 is 2.58 bits per heavy atom. The number of ether oxygens (including phenoxy) is 2. The number of nitrogens with zero attached hydrogens (tertiary/aromatic N) is 2. The van der Waals surface area contributed by atoms with Gasteiger partial charge in [-0.05, 0) is 69.4 Å². The summed E-state index contributed by atoms with van der Waals surface area (Å²) in [6.45, 7) is 3.76. The maximum atomic E-state index is 12.9. The van der Waals surface area contributed by atoms with Crippen molar-refractivity contribution in [2.75, 3.05) is 18.7 Å². The van der Waals surface area contributed by atoms with Crippen molar-refractivity contribution in [1.82, 2.24) is 10.7 Å². The second-order valence-electron chi connectivity index (χ2n) is 8.47. The molecule has 1 unspecified atom stereocenters. The van der Waals surface area contributed by atoms with Crippen molar-refractivity contribution in [1.29, 1.82) is 0 Å². The lowest BCUT2D eigenvalue weighted by molar-refractivity contribution is -0.118. The Hall–Kier alpha value is -3.55. The van der Waals surface area contributed by atoms with Crippen LogP contribution in [0.2, 0.25) is 0 Å². The summed E-state index contributed by atoms with van der Waals surface area (Å²) < 4.78 is 11.6. The number of aliphatic imine (C=N–C) groups is 1. The molecule has 0 aromatic heterocycles. The summed E-state index contributed by atoms with van der Waals surface area (Å²) in [5.41, 5.74) is 5.46. The van der Waals surface area contributed by atoms with Crippen LogP contribution in [0.25, 0.3) is 0 Å². The van der Waals surface area contributed by atoms with Crippen LogP contribution in [0.5, 0.6) is 11.5 Å². The predicted molar refractivity (Wildman–Crippen MR) is 127 cm³/mol. The number of rotatable bonds is 7. The van der Waals surface area contributed by atoms with Crippen LogP contribution in [0.1, 0.15) is 49.8 Å². The molecule has 2 aromatic rings. The molecule has 2 amide bonds. The van der Waals surface area contributed by atoms with Crippen LogP contribution in [-0.2, 0) is 9.59 Å². The van der Waals surface area contributed by atoms with Crippen molar-refractivity contribution in [3.8, 4) is 11.5 Å². The number of nitrogens with one attached hydrogen (secondary N) is 2. The highest BCUT2D eigenvalue weighted by molar-refractivity contribution is 6.39. The third kappa shape index (κ3) is 5.27. The van der Waals surface area contributed by atoms with Crippen LogP contribution in [-0.4, -0.2) is 37.4 Å². The largest absolute Gasteiger partial charge is 0.493 e. The fourth-order valence-corrected chi connectivity index (χ4v) is 4.03. The molecule has 0 spiro atoms. The number of methoxy groups -OCH3 is 1. The first-order chi connectivity index (χ1) is 15.9. The average Bonchev–Trinajstić information content (AvgIpc) is 3.33. The second kappa shape index (κ2) is 9.94. The zero-order valence-electron chi connectivity index (χ0n) is 19.3. The summed E-state index contributed by atoms with van der Waals surface area (Å²) >= 11 is 0. The lowest BCUT2D eigenvalue weighted by Gasteiger charge is -2.28. The minimum atomic E-state index is -0.391. The highest BCUT2D eigenvalue weighted by atomic mass is 16.5. The fraction of sp³-hybridized carbons (Fsp3) is 0.400. The Balaban J connectivity index is 1.42. The van der Waals surface area contributed by atoms with Gasteiger partial charge in [-0.25, -0.2) is 5.01 Å². The Morgan fingerprint density at radius 2 is 1.88 bits per heavy atom. The summed E-state index contributed by atoms with van der Waals surface area (Å²) in [6, 6.07) is 12.9. The number of anilines is 1. The molecule has 0 radical (unpaired) electrons. The van der Waals surface area contributed by atoms with Gasteiger partial charge in [-0.2, -0.15) is 0 Å². The molecule has 33 heavy (non-hydrogen) atoms. The molecule has 1 aliphatic heterocycles. The number of hydrazine groups is 1. The highest BCUT2D eigenvalue weighted by Crippen LogP contribution is 2.33. The summed E-state index contributed by atoms with van der Waals surface area (Å²) in [4.78, 5) is 29.3. The zero-order valence-corrected chi connectivity index (χ0v) is 19.3. The number of amides is 2. The Bertz CT molecular complexity index is 1040. The number of hydrogen-bond acceptors (Lipinski definition) is 6. The molecule has 2 N–H and O–H groups in total. The van der Waals surface area contributed by atoms with E-state index in [9.17, 15) is 9.59 Å². The van der Waals surface area contributed by atoms with Gasteiger partial charge < -0.3 is 14.8 Å². The quantitative estimate of drug-likeness (QED) is 0.674. The SMILES string of the molecule is COc1cc(C(C)NC(=O)C2=NCC(=O)N(c3ccc(C)cc3)N2)ccc1OC1CCCC1. The first-order valence-electron chi connectivity index (χ1n) is 11.3. The van der Waals surface area contributed by atoms with E-state index in [1.807, 2.05) is 56.3 Å². The van der Waals surface area contributed by atoms with Gasteiger partial charge in [0.25, 0.3) is 11.8 Å². The lowest BCUT2D eigenvalue weighted by Crippen LogP contribution is -2.56. The smallest absolute Gasteiger partial charge is 0.288 e. The Morgan fingerprint density at radius 1 is 1.15 bits per heavy atom. The summed E-state index contributed by atoms with van der Waals surface area (Å²) in [5.74, 6) is 0.834. The van der Waals surface area contributed by atoms with E-state index in [4.69, 9.17) is 9.47 Å². The van der Waals surface area contributed by atoms with Crippen LogP contribution in [0.3, 0.4) is 0 Å². The summed E-state index contributed by atoms with van der Waals surface area (Å²) in [5, 5.41) is 4.29. The van der Waals surface area contributed by atoms with Gasteiger partial charge in [0, 0.05) is 0 Å². The molecular formula is C25H30N4O4. The molecular weight excluding hydrogens is 420 g/mol. The van der Waals surface area contributed by atoms with Gasteiger partial charge in [0.2, 0.25) is 5.84 Å². The van der Waals surface area contributed by atoms with Crippen molar-refractivity contribution in [2.45, 2.75) is 51.7 Å². The van der Waals surface area contributed by atoms with Crippen molar-refractivity contribution in [3.05, 3.63) is 53.6 Å². The van der Waals surface area contributed by atoms with Gasteiger partial charge in [0.15, 0.2) is 11.5 Å². The number of hydrogen-bond donors (Lipinski definition) is 2. The van der Waals surface area contributed by atoms with Crippen LogP contribution in [0.4, 0.5) is 5.69 Å². The van der Waals surface area contributed by atoms with Crippen LogP contribution in [0, 0.1) is 6.92 Å². The van der Waals surface area contributed by atoms with Crippen molar-refractivity contribution in [3.63, 3.8) is 0 Å². The van der Waals surface area contributed by atoms with Gasteiger partial charge in [0.1, 0.15) is 6.54 Å². The van der Waals surface area contributed by atoms with Gasteiger partial charge >= 0.3 is 0 Å². The first-order valence-corrected chi connectivity index (χ1v) is 11.3. The van der Waals surface area contributed by atoms with E-state index in [-0.39, 0.29) is 30.4 Å². The fourth-order valence-electron chi connectivity index (χ4n) is 4.03.